The maximum Gasteiger partial charge on any atom is 0.0844 e. The number of aliphatic imine (C=N–C) groups is 1. The van der Waals surface area contributed by atoms with Gasteiger partial charge in [-0.3, -0.25) is 9.98 Å². The Hall–Kier alpha value is -3.00. The third-order valence-corrected chi connectivity index (χ3v) is 4.57. The van der Waals surface area contributed by atoms with Crippen molar-refractivity contribution >= 4 is 5.71 Å². The molecule has 0 unspecified atom stereocenters. The van der Waals surface area contributed by atoms with Crippen molar-refractivity contribution in [1.29, 1.82) is 0 Å². The van der Waals surface area contributed by atoms with Crippen LogP contribution in [-0.4, -0.2) is 10.7 Å². The maximum atomic E-state index is 4.62. The molecule has 1 aliphatic rings. The zero-order chi connectivity index (χ0) is 16.2. The lowest BCUT2D eigenvalue weighted by atomic mass is 9.70. The highest BCUT2D eigenvalue weighted by atomic mass is 14.8. The third kappa shape index (κ3) is 2.56. The van der Waals surface area contributed by atoms with E-state index in [1.54, 1.807) is 0 Å². The minimum absolute atomic E-state index is 0.211. The van der Waals surface area contributed by atoms with Gasteiger partial charge in [0.2, 0.25) is 0 Å². The van der Waals surface area contributed by atoms with E-state index < -0.39 is 0 Å². The lowest BCUT2D eigenvalue weighted by Gasteiger charge is -2.34. The molecule has 0 N–H and O–H groups in total. The highest BCUT2D eigenvalue weighted by Crippen LogP contribution is 2.40. The van der Waals surface area contributed by atoms with E-state index in [-0.39, 0.29) is 5.41 Å². The summed E-state index contributed by atoms with van der Waals surface area (Å²) in [5.41, 5.74) is 4.30. The summed E-state index contributed by atoms with van der Waals surface area (Å²) in [5, 5.41) is 0. The SMILES string of the molecule is C1=CC(c2ccccc2)(c2ccccc2)CC(c2ccccn2)=N1. The maximum absolute atomic E-state index is 4.62. The van der Waals surface area contributed by atoms with E-state index >= 15 is 0 Å². The Morgan fingerprint density at radius 1 is 0.708 bits per heavy atom. The van der Waals surface area contributed by atoms with E-state index in [4.69, 9.17) is 0 Å². The average Bonchev–Trinajstić information content (AvgIpc) is 2.70. The predicted octanol–water partition coefficient (Wildman–Crippen LogP) is 4.77. The van der Waals surface area contributed by atoms with Crippen LogP contribution in [0.25, 0.3) is 0 Å². The van der Waals surface area contributed by atoms with Gasteiger partial charge in [-0.05, 0) is 23.3 Å². The highest BCUT2D eigenvalue weighted by molar-refractivity contribution is 6.01. The van der Waals surface area contributed by atoms with Gasteiger partial charge < -0.3 is 0 Å². The predicted molar refractivity (Wildman–Crippen MR) is 98.2 cm³/mol. The van der Waals surface area contributed by atoms with Crippen molar-refractivity contribution in [3.8, 4) is 0 Å². The molecule has 0 spiro atoms. The van der Waals surface area contributed by atoms with Crippen LogP contribution in [0.1, 0.15) is 23.2 Å². The molecule has 0 atom stereocenters. The Bertz CT molecular complexity index is 826. The summed E-state index contributed by atoms with van der Waals surface area (Å²) < 4.78 is 0. The molecule has 0 aliphatic carbocycles. The summed E-state index contributed by atoms with van der Waals surface area (Å²) in [7, 11) is 0. The molecule has 0 fully saturated rings. The molecule has 0 amide bonds. The molecule has 0 bridgehead atoms. The second kappa shape index (κ2) is 6.25. The van der Waals surface area contributed by atoms with Crippen LogP contribution in [-0.2, 0) is 5.41 Å². The number of benzene rings is 2. The molecule has 2 aromatic carbocycles. The average molecular weight is 310 g/mol. The Labute approximate surface area is 142 Å². The molecule has 24 heavy (non-hydrogen) atoms. The van der Waals surface area contributed by atoms with Crippen LogP contribution < -0.4 is 0 Å². The smallest absolute Gasteiger partial charge is 0.0844 e. The van der Waals surface area contributed by atoms with Gasteiger partial charge in [0.05, 0.1) is 11.4 Å². The zero-order valence-corrected chi connectivity index (χ0v) is 13.3. The van der Waals surface area contributed by atoms with Crippen molar-refractivity contribution in [1.82, 2.24) is 4.98 Å². The Morgan fingerprint density at radius 2 is 1.33 bits per heavy atom. The van der Waals surface area contributed by atoms with Crippen LogP contribution in [0.15, 0.2) is 102 Å². The molecule has 116 valence electrons. The van der Waals surface area contributed by atoms with Gasteiger partial charge in [0.25, 0.3) is 0 Å². The number of aromatic nitrogens is 1. The van der Waals surface area contributed by atoms with Crippen molar-refractivity contribution in [2.75, 3.05) is 0 Å². The van der Waals surface area contributed by atoms with Gasteiger partial charge in [-0.2, -0.15) is 0 Å². The molecule has 3 aromatic rings. The largest absolute Gasteiger partial charge is 0.259 e. The fourth-order valence-electron chi connectivity index (χ4n) is 3.35. The van der Waals surface area contributed by atoms with Crippen LogP contribution in [0.3, 0.4) is 0 Å². The van der Waals surface area contributed by atoms with Crippen molar-refractivity contribution < 1.29 is 0 Å². The van der Waals surface area contributed by atoms with Crippen LogP contribution in [0.5, 0.6) is 0 Å². The first-order valence-electron chi connectivity index (χ1n) is 8.15. The minimum Gasteiger partial charge on any atom is -0.259 e. The molecule has 4 rings (SSSR count). The van der Waals surface area contributed by atoms with Gasteiger partial charge in [-0.25, -0.2) is 0 Å². The fraction of sp³-hybridized carbons (Fsp3) is 0.0909. The lowest BCUT2D eigenvalue weighted by molar-refractivity contribution is 0.663. The number of hydrogen-bond donors (Lipinski definition) is 0. The van der Waals surface area contributed by atoms with E-state index in [1.165, 1.54) is 11.1 Å². The summed E-state index contributed by atoms with van der Waals surface area (Å²) in [6.45, 7) is 0. The number of rotatable bonds is 3. The van der Waals surface area contributed by atoms with E-state index in [9.17, 15) is 0 Å². The molecule has 0 saturated carbocycles. The molecule has 1 aliphatic heterocycles. The van der Waals surface area contributed by atoms with Crippen molar-refractivity contribution in [2.24, 2.45) is 4.99 Å². The van der Waals surface area contributed by atoms with Crippen molar-refractivity contribution in [2.45, 2.75) is 11.8 Å². The van der Waals surface area contributed by atoms with Crippen LogP contribution in [0.4, 0.5) is 0 Å². The van der Waals surface area contributed by atoms with E-state index in [2.05, 4.69) is 76.7 Å². The molecule has 0 saturated heterocycles. The molecule has 2 heteroatoms. The quantitative estimate of drug-likeness (QED) is 0.684. The first kappa shape index (κ1) is 14.6. The molecular weight excluding hydrogens is 292 g/mol. The molecule has 0 radical (unpaired) electrons. The number of pyridine rings is 1. The summed E-state index contributed by atoms with van der Waals surface area (Å²) in [5.74, 6) is 0. The van der Waals surface area contributed by atoms with Gasteiger partial charge in [0.15, 0.2) is 0 Å². The number of nitrogens with zero attached hydrogens (tertiary/aromatic N) is 2. The first-order valence-corrected chi connectivity index (χ1v) is 8.15. The van der Waals surface area contributed by atoms with E-state index in [1.807, 2.05) is 30.6 Å². The van der Waals surface area contributed by atoms with Crippen LogP contribution >= 0.6 is 0 Å². The molecule has 2 nitrogen and oxygen atoms in total. The van der Waals surface area contributed by atoms with Gasteiger partial charge in [-0.1, -0.05) is 72.8 Å². The van der Waals surface area contributed by atoms with Crippen molar-refractivity contribution in [3.05, 3.63) is 114 Å². The fourth-order valence-corrected chi connectivity index (χ4v) is 3.35. The molecular formula is C22H18N2. The monoisotopic (exact) mass is 310 g/mol. The van der Waals surface area contributed by atoms with Crippen LogP contribution in [0.2, 0.25) is 0 Å². The number of hydrogen-bond acceptors (Lipinski definition) is 2. The van der Waals surface area contributed by atoms with Gasteiger partial charge >= 0.3 is 0 Å². The van der Waals surface area contributed by atoms with Gasteiger partial charge in [0, 0.05) is 24.2 Å². The highest BCUT2D eigenvalue weighted by Gasteiger charge is 2.35. The van der Waals surface area contributed by atoms with Gasteiger partial charge in [0.1, 0.15) is 0 Å². The van der Waals surface area contributed by atoms with Crippen molar-refractivity contribution in [3.63, 3.8) is 0 Å². The van der Waals surface area contributed by atoms with Crippen LogP contribution in [0, 0.1) is 0 Å². The number of allylic oxidation sites excluding steroid dienone is 1. The minimum atomic E-state index is -0.211. The standard InChI is InChI=1S/C22H18N2/c1-3-9-18(10-4-1)22(19-11-5-2-6-12-19)14-16-24-21(17-22)20-13-7-8-15-23-20/h1-16H,17H2. The summed E-state index contributed by atoms with van der Waals surface area (Å²) in [6.07, 6.45) is 6.76. The Kier molecular flexibility index (Phi) is 3.80. The zero-order valence-electron chi connectivity index (χ0n) is 13.3. The second-order valence-electron chi connectivity index (χ2n) is 5.99. The lowest BCUT2D eigenvalue weighted by Crippen LogP contribution is -2.31. The second-order valence-corrected chi connectivity index (χ2v) is 5.99. The normalized spacial score (nSPS) is 15.8. The molecule has 2 heterocycles. The Balaban J connectivity index is 1.85. The summed E-state index contributed by atoms with van der Waals surface area (Å²) >= 11 is 0. The van der Waals surface area contributed by atoms with E-state index in [0.29, 0.717) is 0 Å². The topological polar surface area (TPSA) is 25.2 Å². The summed E-state index contributed by atoms with van der Waals surface area (Å²) in [6, 6.07) is 27.2. The molecule has 1 aromatic heterocycles. The summed E-state index contributed by atoms with van der Waals surface area (Å²) in [4.78, 5) is 9.11. The Morgan fingerprint density at radius 3 is 1.92 bits per heavy atom. The first-order chi connectivity index (χ1) is 11.9. The van der Waals surface area contributed by atoms with Gasteiger partial charge in [-0.15, -0.1) is 0 Å². The van der Waals surface area contributed by atoms with E-state index in [0.717, 1.165) is 17.8 Å². The third-order valence-electron chi connectivity index (χ3n) is 4.57.